The van der Waals surface area contributed by atoms with Crippen LogP contribution < -0.4 is 16.4 Å². The lowest BCUT2D eigenvalue weighted by atomic mass is 9.99. The van der Waals surface area contributed by atoms with Crippen LogP contribution in [0.25, 0.3) is 11.1 Å². The molecule has 276 valence electrons. The van der Waals surface area contributed by atoms with Crippen molar-refractivity contribution in [2.75, 3.05) is 16.8 Å². The number of benzene rings is 4. The smallest absolute Gasteiger partial charge is 0.224 e. The number of aryl methyl sites for hydroxylation is 1. The first kappa shape index (κ1) is 38.1. The lowest BCUT2D eigenvalue weighted by molar-refractivity contribution is -0.245. The molecule has 53 heavy (non-hydrogen) atoms. The minimum atomic E-state index is -0.547. The van der Waals surface area contributed by atoms with Gasteiger partial charge in [-0.1, -0.05) is 108 Å². The van der Waals surface area contributed by atoms with E-state index in [4.69, 9.17) is 15.2 Å². The number of amides is 2. The van der Waals surface area contributed by atoms with Gasteiger partial charge in [0.15, 0.2) is 10.6 Å². The number of ether oxygens (including phenoxy) is 2. The Labute approximate surface area is 318 Å². The summed E-state index contributed by atoms with van der Waals surface area (Å²) in [5, 5.41) is 24.7. The molecule has 10 nitrogen and oxygen atoms in total. The fourth-order valence-corrected chi connectivity index (χ4v) is 7.94. The van der Waals surface area contributed by atoms with E-state index in [9.17, 15) is 14.7 Å². The number of nitrogens with one attached hydrogen (secondary N) is 2. The topological polar surface area (TPSA) is 149 Å². The fraction of sp³-hybridized carbons (Fsp3) is 0.317. The van der Waals surface area contributed by atoms with Gasteiger partial charge in [0.2, 0.25) is 11.8 Å². The number of aliphatic hydroxyl groups excluding tert-OH is 1. The molecule has 5 aromatic rings. The van der Waals surface area contributed by atoms with Gasteiger partial charge < -0.3 is 30.9 Å². The van der Waals surface area contributed by atoms with Gasteiger partial charge >= 0.3 is 0 Å². The van der Waals surface area contributed by atoms with Gasteiger partial charge in [-0.2, -0.15) is 0 Å². The number of aromatic nitrogens is 2. The number of thioether (sulfide) groups is 1. The van der Waals surface area contributed by atoms with Crippen molar-refractivity contribution in [3.8, 4) is 11.1 Å². The van der Waals surface area contributed by atoms with E-state index in [0.717, 1.165) is 54.9 Å². The Morgan fingerprint density at radius 2 is 1.60 bits per heavy atom. The largest absolute Gasteiger partial charge is 0.397 e. The molecule has 1 aromatic heterocycles. The number of para-hydroxylation sites is 2. The highest BCUT2D eigenvalue weighted by atomic mass is 32.2. The molecule has 1 aliphatic heterocycles. The van der Waals surface area contributed by atoms with Crippen LogP contribution in [0.3, 0.4) is 0 Å². The number of nitrogens with zero attached hydrogens (tertiary/aromatic N) is 2. The normalized spacial score (nSPS) is 17.0. The van der Waals surface area contributed by atoms with E-state index in [0.29, 0.717) is 50.0 Å². The summed E-state index contributed by atoms with van der Waals surface area (Å²) in [6.45, 7) is 2.39. The molecule has 6 rings (SSSR count). The zero-order valence-electron chi connectivity index (χ0n) is 29.7. The number of rotatable bonds is 16. The van der Waals surface area contributed by atoms with Crippen molar-refractivity contribution in [2.45, 2.75) is 81.4 Å². The molecule has 1 saturated heterocycles. The molecule has 0 spiro atoms. The average molecular weight is 752 g/mol. The van der Waals surface area contributed by atoms with Gasteiger partial charge in [0.05, 0.1) is 30.2 Å². The molecule has 12 heteroatoms. The predicted molar refractivity (Wildman–Crippen MR) is 210 cm³/mol. The maximum atomic E-state index is 12.6. The van der Waals surface area contributed by atoms with E-state index < -0.39 is 6.29 Å². The fourth-order valence-electron chi connectivity index (χ4n) is 6.08. The molecule has 2 amide bonds. The van der Waals surface area contributed by atoms with Gasteiger partial charge in [-0.25, -0.2) is 0 Å². The molecule has 3 atom stereocenters. The Morgan fingerprint density at radius 1 is 0.849 bits per heavy atom. The molecule has 4 aromatic carbocycles. The lowest BCUT2D eigenvalue weighted by Gasteiger charge is -2.36. The number of anilines is 2. The van der Waals surface area contributed by atoms with Crippen LogP contribution in [0.1, 0.15) is 78.2 Å². The van der Waals surface area contributed by atoms with Crippen molar-refractivity contribution >= 4 is 46.3 Å². The zero-order chi connectivity index (χ0) is 37.0. The third kappa shape index (κ3) is 11.2. The van der Waals surface area contributed by atoms with Crippen molar-refractivity contribution in [3.05, 3.63) is 124 Å². The lowest BCUT2D eigenvalue weighted by Crippen LogP contribution is -2.31. The second-order valence-electron chi connectivity index (χ2n) is 13.0. The molecule has 2 heterocycles. The van der Waals surface area contributed by atoms with Crippen LogP contribution in [0.5, 0.6) is 0 Å². The summed E-state index contributed by atoms with van der Waals surface area (Å²) in [4.78, 5) is 24.8. The summed E-state index contributed by atoms with van der Waals surface area (Å²) < 4.78 is 14.0. The molecule has 0 bridgehead atoms. The van der Waals surface area contributed by atoms with Crippen LogP contribution in [0.4, 0.5) is 11.4 Å². The molecule has 5 N–H and O–H groups in total. The van der Waals surface area contributed by atoms with Gasteiger partial charge in [-0.15, -0.1) is 10.2 Å². The maximum absolute atomic E-state index is 12.6. The minimum Gasteiger partial charge on any atom is -0.397 e. The Bertz CT molecular complexity index is 1950. The number of nitrogens with two attached hydrogens (primary N) is 1. The standard InChI is InChI=1S/C41H45N5O5S2/c1-27-45-46-41(53-27)52-26-34-23-37(31-16-14-28(25-47)15-17-31)51-40(50-34)32-20-18-30(19-21-32)33-9-7-8-29(22-33)24-43-38(48)12-3-2-4-13-39(49)44-36-11-6-5-10-35(36)42/h5-11,14-22,34,37,40,47H,2-4,12-13,23-26,42H2,1H3,(H,43,48)(H,44,49)/t34-,37+,40+/m0/s1. The summed E-state index contributed by atoms with van der Waals surface area (Å²) >= 11 is 3.23. The summed E-state index contributed by atoms with van der Waals surface area (Å²) in [6, 6.07) is 31.5. The molecule has 1 aliphatic rings. The van der Waals surface area contributed by atoms with E-state index in [-0.39, 0.29) is 30.6 Å². The Balaban J connectivity index is 0.995. The highest BCUT2D eigenvalue weighted by Crippen LogP contribution is 2.40. The molecule has 0 saturated carbocycles. The Kier molecular flexibility index (Phi) is 13.6. The molecule has 1 fully saturated rings. The van der Waals surface area contributed by atoms with Crippen LogP contribution in [-0.4, -0.2) is 39.0 Å². The molecule has 0 radical (unpaired) electrons. The summed E-state index contributed by atoms with van der Waals surface area (Å²) in [6.07, 6.45) is 2.93. The van der Waals surface area contributed by atoms with Gasteiger partial charge in [0.25, 0.3) is 0 Å². The molecular formula is C41H45N5O5S2. The number of unbranched alkanes of at least 4 members (excludes halogenated alkanes) is 2. The van der Waals surface area contributed by atoms with Crippen LogP contribution >= 0.6 is 23.1 Å². The summed E-state index contributed by atoms with van der Waals surface area (Å²) in [5.74, 6) is 0.643. The van der Waals surface area contributed by atoms with Crippen molar-refractivity contribution < 1.29 is 24.2 Å². The van der Waals surface area contributed by atoms with Gasteiger partial charge in [0, 0.05) is 37.1 Å². The van der Waals surface area contributed by atoms with Gasteiger partial charge in [0.1, 0.15) is 5.01 Å². The maximum Gasteiger partial charge on any atom is 0.224 e. The van der Waals surface area contributed by atoms with E-state index in [1.165, 1.54) is 0 Å². The monoisotopic (exact) mass is 751 g/mol. The second kappa shape index (κ2) is 18.9. The van der Waals surface area contributed by atoms with E-state index in [1.807, 2.05) is 67.6 Å². The minimum absolute atomic E-state index is 0.00107. The number of carbonyl (C=O) groups is 2. The predicted octanol–water partition coefficient (Wildman–Crippen LogP) is 8.13. The Morgan fingerprint density at radius 3 is 2.34 bits per heavy atom. The highest BCUT2D eigenvalue weighted by Gasteiger charge is 2.32. The number of carbonyl (C=O) groups excluding carboxylic acids is 2. The van der Waals surface area contributed by atoms with Crippen LogP contribution in [-0.2, 0) is 32.2 Å². The molecular weight excluding hydrogens is 707 g/mol. The second-order valence-corrected chi connectivity index (χ2v) is 15.5. The average Bonchev–Trinajstić information content (AvgIpc) is 3.61. The number of hydrogen-bond donors (Lipinski definition) is 4. The molecule has 0 unspecified atom stereocenters. The van der Waals surface area contributed by atoms with Crippen LogP contribution in [0, 0.1) is 6.92 Å². The number of hydrogen-bond acceptors (Lipinski definition) is 10. The highest BCUT2D eigenvalue weighted by molar-refractivity contribution is 8.01. The van der Waals surface area contributed by atoms with E-state index in [2.05, 4.69) is 45.1 Å². The van der Waals surface area contributed by atoms with Crippen molar-refractivity contribution in [3.63, 3.8) is 0 Å². The first-order valence-electron chi connectivity index (χ1n) is 17.9. The van der Waals surface area contributed by atoms with Crippen LogP contribution in [0.15, 0.2) is 101 Å². The third-order valence-electron chi connectivity index (χ3n) is 8.99. The SMILES string of the molecule is Cc1nnc(SC[C@@H]2C[C@H](c3ccc(CO)cc3)O[C@H](c3ccc(-c4cccc(CNC(=O)CCCCCC(=O)Nc5ccccc5N)c4)cc3)O2)s1. The van der Waals surface area contributed by atoms with Gasteiger partial charge in [-0.05, 0) is 65.8 Å². The molecule has 0 aliphatic carbocycles. The number of aliphatic hydroxyl groups is 1. The van der Waals surface area contributed by atoms with Crippen molar-refractivity contribution in [1.29, 1.82) is 0 Å². The zero-order valence-corrected chi connectivity index (χ0v) is 31.3. The summed E-state index contributed by atoms with van der Waals surface area (Å²) in [5.41, 5.74) is 13.0. The van der Waals surface area contributed by atoms with E-state index >= 15 is 0 Å². The van der Waals surface area contributed by atoms with Crippen molar-refractivity contribution in [1.82, 2.24) is 15.5 Å². The number of nitrogen functional groups attached to an aromatic ring is 1. The van der Waals surface area contributed by atoms with Crippen LogP contribution in [0.2, 0.25) is 0 Å². The van der Waals surface area contributed by atoms with E-state index in [1.54, 1.807) is 35.2 Å². The van der Waals surface area contributed by atoms with Crippen molar-refractivity contribution in [2.24, 2.45) is 0 Å². The van der Waals surface area contributed by atoms with Gasteiger partial charge in [-0.3, -0.25) is 9.59 Å². The summed E-state index contributed by atoms with van der Waals surface area (Å²) in [7, 11) is 0. The quantitative estimate of drug-likeness (QED) is 0.0446. The first-order valence-corrected chi connectivity index (χ1v) is 19.7. The third-order valence-corrected chi connectivity index (χ3v) is 11.1. The first-order chi connectivity index (χ1) is 25.8. The Hall–Kier alpha value is -4.59.